The van der Waals surface area contributed by atoms with Crippen LogP contribution in [-0.2, 0) is 17.4 Å². The summed E-state index contributed by atoms with van der Waals surface area (Å²) < 4.78 is 37.4. The lowest BCUT2D eigenvalue weighted by Gasteiger charge is -2.18. The van der Waals surface area contributed by atoms with Crippen LogP contribution in [0.1, 0.15) is 11.1 Å². The molecule has 0 saturated heterocycles. The lowest BCUT2D eigenvalue weighted by Crippen LogP contribution is -2.35. The minimum Gasteiger partial charge on any atom is -0.480 e. The van der Waals surface area contributed by atoms with Gasteiger partial charge in [-0.3, -0.25) is 0 Å². The third kappa shape index (κ3) is 1.94. The zero-order chi connectivity index (χ0) is 12.8. The van der Waals surface area contributed by atoms with Crippen molar-refractivity contribution in [3.05, 3.63) is 29.3 Å². The number of halogens is 3. The fourth-order valence-corrected chi connectivity index (χ4v) is 2.04. The molecule has 0 radical (unpaired) electrons. The Labute approximate surface area is 95.5 Å². The molecule has 3 nitrogen and oxygen atoms in total. The largest absolute Gasteiger partial charge is 0.480 e. The molecule has 17 heavy (non-hydrogen) atoms. The predicted octanol–water partition coefficient (Wildman–Crippen LogP) is 2.15. The second-order valence-electron chi connectivity index (χ2n) is 4.01. The molecule has 0 spiro atoms. The van der Waals surface area contributed by atoms with Gasteiger partial charge in [0.2, 0.25) is 0 Å². The number of carbonyl (C=O) groups is 1. The van der Waals surface area contributed by atoms with Crippen LogP contribution in [0.2, 0.25) is 0 Å². The summed E-state index contributed by atoms with van der Waals surface area (Å²) in [6.45, 7) is 0. The number of benzene rings is 1. The number of hydrogen-bond acceptors (Lipinski definition) is 2. The summed E-state index contributed by atoms with van der Waals surface area (Å²) in [5, 5.41) is 8.92. The van der Waals surface area contributed by atoms with Crippen LogP contribution in [-0.4, -0.2) is 24.2 Å². The van der Waals surface area contributed by atoms with E-state index >= 15 is 0 Å². The SMILES string of the molecule is CN1c2ccc(C(F)(F)F)cc2CC1C(=O)O. The number of aliphatic carboxylic acids is 1. The van der Waals surface area contributed by atoms with Gasteiger partial charge in [-0.1, -0.05) is 0 Å². The van der Waals surface area contributed by atoms with Crippen molar-refractivity contribution in [3.8, 4) is 0 Å². The number of carboxylic acids is 1. The average molecular weight is 245 g/mol. The molecule has 92 valence electrons. The standard InChI is InChI=1S/C11H10F3NO2/c1-15-8-3-2-7(11(12,13)14)4-6(8)5-9(15)10(16)17/h2-4,9H,5H2,1H3,(H,16,17). The molecule has 1 atom stereocenters. The fraction of sp³-hybridized carbons (Fsp3) is 0.364. The summed E-state index contributed by atoms with van der Waals surface area (Å²) in [5.74, 6) is -1.03. The Hall–Kier alpha value is -1.72. The monoisotopic (exact) mass is 245 g/mol. The third-order valence-corrected chi connectivity index (χ3v) is 2.95. The van der Waals surface area contributed by atoms with E-state index in [1.54, 1.807) is 7.05 Å². The molecule has 1 N–H and O–H groups in total. The van der Waals surface area contributed by atoms with Crippen LogP contribution in [0.15, 0.2) is 18.2 Å². The lowest BCUT2D eigenvalue weighted by molar-refractivity contribution is -0.138. The summed E-state index contributed by atoms with van der Waals surface area (Å²) in [7, 11) is 1.57. The summed E-state index contributed by atoms with van der Waals surface area (Å²) in [6.07, 6.45) is -4.29. The van der Waals surface area contributed by atoms with Crippen LogP contribution < -0.4 is 4.90 Å². The van der Waals surface area contributed by atoms with Gasteiger partial charge < -0.3 is 10.0 Å². The highest BCUT2D eigenvalue weighted by Gasteiger charge is 2.36. The van der Waals surface area contributed by atoms with Crippen molar-refractivity contribution in [1.82, 2.24) is 0 Å². The molecular formula is C11H10F3NO2. The Morgan fingerprint density at radius 2 is 2.12 bits per heavy atom. The van der Waals surface area contributed by atoms with Gasteiger partial charge >= 0.3 is 12.1 Å². The van der Waals surface area contributed by atoms with Gasteiger partial charge in [-0.05, 0) is 23.8 Å². The van der Waals surface area contributed by atoms with E-state index in [2.05, 4.69) is 0 Å². The molecule has 0 aliphatic carbocycles. The third-order valence-electron chi connectivity index (χ3n) is 2.95. The molecule has 1 aromatic carbocycles. The van der Waals surface area contributed by atoms with Crippen molar-refractivity contribution in [2.75, 3.05) is 11.9 Å². The zero-order valence-electron chi connectivity index (χ0n) is 8.95. The maximum Gasteiger partial charge on any atom is 0.416 e. The zero-order valence-corrected chi connectivity index (χ0v) is 8.95. The first kappa shape index (κ1) is 11.8. The summed E-state index contributed by atoms with van der Waals surface area (Å²) in [4.78, 5) is 12.4. The number of fused-ring (bicyclic) bond motifs is 1. The van der Waals surface area contributed by atoms with E-state index in [1.165, 1.54) is 11.0 Å². The Morgan fingerprint density at radius 1 is 1.47 bits per heavy atom. The fourth-order valence-electron chi connectivity index (χ4n) is 2.04. The Morgan fingerprint density at radius 3 is 2.65 bits per heavy atom. The van der Waals surface area contributed by atoms with Crippen molar-refractivity contribution in [3.63, 3.8) is 0 Å². The van der Waals surface area contributed by atoms with Crippen molar-refractivity contribution in [1.29, 1.82) is 0 Å². The Bertz CT molecular complexity index is 470. The predicted molar refractivity (Wildman–Crippen MR) is 55.0 cm³/mol. The van der Waals surface area contributed by atoms with Crippen LogP contribution in [0.3, 0.4) is 0 Å². The van der Waals surface area contributed by atoms with E-state index in [4.69, 9.17) is 5.11 Å². The number of rotatable bonds is 1. The average Bonchev–Trinajstić information content (AvgIpc) is 2.54. The van der Waals surface area contributed by atoms with Crippen molar-refractivity contribution in [2.24, 2.45) is 0 Å². The van der Waals surface area contributed by atoms with E-state index in [1.807, 2.05) is 0 Å². The van der Waals surface area contributed by atoms with E-state index in [9.17, 15) is 18.0 Å². The highest BCUT2D eigenvalue weighted by molar-refractivity contribution is 5.82. The molecule has 1 aliphatic heterocycles. The second kappa shape index (κ2) is 3.65. The van der Waals surface area contributed by atoms with Crippen molar-refractivity contribution < 1.29 is 23.1 Å². The van der Waals surface area contributed by atoms with E-state index in [0.29, 0.717) is 11.3 Å². The number of carboxylic acid groups (broad SMARTS) is 1. The summed E-state index contributed by atoms with van der Waals surface area (Å²) >= 11 is 0. The molecule has 0 aromatic heterocycles. The number of likely N-dealkylation sites (N-methyl/N-ethyl adjacent to an activating group) is 1. The normalized spacial score (nSPS) is 19.3. The van der Waals surface area contributed by atoms with Crippen LogP contribution >= 0.6 is 0 Å². The Balaban J connectivity index is 2.39. The van der Waals surface area contributed by atoms with Crippen LogP contribution in [0.4, 0.5) is 18.9 Å². The number of anilines is 1. The van der Waals surface area contributed by atoms with Gasteiger partial charge in [0.1, 0.15) is 6.04 Å². The maximum atomic E-state index is 12.5. The van der Waals surface area contributed by atoms with Crippen molar-refractivity contribution in [2.45, 2.75) is 18.6 Å². The maximum absolute atomic E-state index is 12.5. The van der Waals surface area contributed by atoms with Gasteiger partial charge in [0.25, 0.3) is 0 Å². The van der Waals surface area contributed by atoms with Gasteiger partial charge in [-0.25, -0.2) is 4.79 Å². The van der Waals surface area contributed by atoms with Crippen LogP contribution in [0, 0.1) is 0 Å². The van der Waals surface area contributed by atoms with Crippen molar-refractivity contribution >= 4 is 11.7 Å². The topological polar surface area (TPSA) is 40.5 Å². The first-order chi connectivity index (χ1) is 7.80. The first-order valence-electron chi connectivity index (χ1n) is 4.96. The van der Waals surface area contributed by atoms with Crippen LogP contribution in [0.25, 0.3) is 0 Å². The number of alkyl halides is 3. The van der Waals surface area contributed by atoms with Gasteiger partial charge in [-0.2, -0.15) is 13.2 Å². The number of hydrogen-bond donors (Lipinski definition) is 1. The quantitative estimate of drug-likeness (QED) is 0.824. The highest BCUT2D eigenvalue weighted by atomic mass is 19.4. The molecule has 1 heterocycles. The molecule has 1 aromatic rings. The van der Waals surface area contributed by atoms with Crippen LogP contribution in [0.5, 0.6) is 0 Å². The van der Waals surface area contributed by atoms with Gasteiger partial charge in [0.15, 0.2) is 0 Å². The molecule has 6 heteroatoms. The van der Waals surface area contributed by atoms with Gasteiger partial charge in [-0.15, -0.1) is 0 Å². The van der Waals surface area contributed by atoms with E-state index < -0.39 is 23.8 Å². The molecule has 0 saturated carbocycles. The molecule has 0 fully saturated rings. The molecular weight excluding hydrogens is 235 g/mol. The minimum absolute atomic E-state index is 0.102. The number of nitrogens with zero attached hydrogens (tertiary/aromatic N) is 1. The van der Waals surface area contributed by atoms with E-state index in [-0.39, 0.29) is 6.42 Å². The molecule has 0 bridgehead atoms. The molecule has 0 amide bonds. The van der Waals surface area contributed by atoms with E-state index in [0.717, 1.165) is 12.1 Å². The second-order valence-corrected chi connectivity index (χ2v) is 4.01. The summed E-state index contributed by atoms with van der Waals surface area (Å²) in [6, 6.07) is 2.53. The first-order valence-corrected chi connectivity index (χ1v) is 4.96. The smallest absolute Gasteiger partial charge is 0.416 e. The highest BCUT2D eigenvalue weighted by Crippen LogP contribution is 2.36. The molecule has 1 aliphatic rings. The summed E-state index contributed by atoms with van der Waals surface area (Å²) in [5.41, 5.74) is 0.232. The van der Waals surface area contributed by atoms with Gasteiger partial charge in [0, 0.05) is 19.2 Å². The Kier molecular flexibility index (Phi) is 2.52. The molecule has 2 rings (SSSR count). The minimum atomic E-state index is -4.39. The molecule has 1 unspecified atom stereocenters. The van der Waals surface area contributed by atoms with Gasteiger partial charge in [0.05, 0.1) is 5.56 Å². The lowest BCUT2D eigenvalue weighted by atomic mass is 10.1.